The van der Waals surface area contributed by atoms with E-state index < -0.39 is 49.0 Å². The van der Waals surface area contributed by atoms with E-state index in [4.69, 9.17) is 19.4 Å². The van der Waals surface area contributed by atoms with Gasteiger partial charge in [-0.1, -0.05) is 18.2 Å². The Morgan fingerprint density at radius 1 is 1.28 bits per heavy atom. The summed E-state index contributed by atoms with van der Waals surface area (Å²) in [5.74, 6) is -3.81. The molecule has 0 radical (unpaired) electrons. The molecule has 1 aliphatic heterocycles. The molecule has 0 aromatic heterocycles. The molecule has 1 heterocycles. The Labute approximate surface area is 169 Å². The summed E-state index contributed by atoms with van der Waals surface area (Å²) in [4.78, 5) is 36.6. The van der Waals surface area contributed by atoms with E-state index in [0.717, 1.165) is 0 Å². The van der Waals surface area contributed by atoms with Crippen molar-refractivity contribution in [3.05, 3.63) is 29.8 Å². The normalized spacial score (nSPS) is 18.0. The van der Waals surface area contributed by atoms with Crippen LogP contribution in [0.4, 0.5) is 0 Å². The van der Waals surface area contributed by atoms with E-state index >= 15 is 0 Å². The maximum absolute atomic E-state index is 12.8. The van der Waals surface area contributed by atoms with E-state index in [1.165, 1.54) is 0 Å². The van der Waals surface area contributed by atoms with E-state index in [1.807, 2.05) is 6.07 Å². The van der Waals surface area contributed by atoms with Crippen LogP contribution >= 0.6 is 0 Å². The monoisotopic (exact) mass is 402 g/mol. The highest BCUT2D eigenvalue weighted by Gasteiger charge is 2.47. The van der Waals surface area contributed by atoms with E-state index in [1.54, 1.807) is 45.0 Å². The number of amides is 1. The molecule has 1 aromatic rings. The van der Waals surface area contributed by atoms with Gasteiger partial charge in [-0.15, -0.1) is 0 Å². The van der Waals surface area contributed by atoms with Crippen LogP contribution in [0.1, 0.15) is 45.1 Å². The van der Waals surface area contributed by atoms with Crippen LogP contribution in [0.15, 0.2) is 24.3 Å². The van der Waals surface area contributed by atoms with Crippen LogP contribution in [0.3, 0.4) is 0 Å². The molecule has 0 saturated carbocycles. The summed E-state index contributed by atoms with van der Waals surface area (Å²) in [6.45, 7) is 4.39. The third-order valence-electron chi connectivity index (χ3n) is 4.22. The van der Waals surface area contributed by atoms with Crippen LogP contribution in [0, 0.1) is 16.7 Å². The number of fused-ring (bicyclic) bond motifs is 1. The van der Waals surface area contributed by atoms with Crippen molar-refractivity contribution in [1.82, 2.24) is 5.32 Å². The Hall–Kier alpha value is -3.06. The Morgan fingerprint density at radius 2 is 1.97 bits per heavy atom. The Morgan fingerprint density at radius 3 is 2.62 bits per heavy atom. The van der Waals surface area contributed by atoms with Crippen molar-refractivity contribution in [2.24, 2.45) is 5.41 Å². The molecule has 1 aliphatic rings. The van der Waals surface area contributed by atoms with Gasteiger partial charge in [0, 0.05) is 18.4 Å². The van der Waals surface area contributed by atoms with Gasteiger partial charge in [0.15, 0.2) is 0 Å². The molecular formula is C19H23BN2O7. The summed E-state index contributed by atoms with van der Waals surface area (Å²) >= 11 is 0. The first-order valence-electron chi connectivity index (χ1n) is 9.09. The number of hydrogen-bond donors (Lipinski definition) is 2. The van der Waals surface area contributed by atoms with Gasteiger partial charge in [0.2, 0.25) is 12.7 Å². The van der Waals surface area contributed by atoms with Gasteiger partial charge in [-0.3, -0.25) is 14.4 Å². The molecule has 0 fully saturated rings. The number of benzene rings is 1. The lowest BCUT2D eigenvalue weighted by molar-refractivity contribution is -0.174. The number of ether oxygens (including phenoxy) is 2. The third kappa shape index (κ3) is 5.71. The zero-order valence-electron chi connectivity index (χ0n) is 16.5. The predicted molar refractivity (Wildman–Crippen MR) is 101 cm³/mol. The highest BCUT2D eigenvalue weighted by Crippen LogP contribution is 2.35. The van der Waals surface area contributed by atoms with Crippen molar-refractivity contribution in [2.45, 2.75) is 45.5 Å². The van der Waals surface area contributed by atoms with Gasteiger partial charge in [0.1, 0.15) is 11.7 Å². The summed E-state index contributed by atoms with van der Waals surface area (Å²) in [5.41, 5.74) is -0.346. The molecule has 0 spiro atoms. The average Bonchev–Trinajstić information content (AvgIpc) is 2.65. The van der Waals surface area contributed by atoms with Gasteiger partial charge < -0.3 is 24.5 Å². The molecule has 2 rings (SSSR count). The summed E-state index contributed by atoms with van der Waals surface area (Å²) < 4.78 is 15.4. The molecule has 1 amide bonds. The molecule has 0 saturated heterocycles. The van der Waals surface area contributed by atoms with Crippen LogP contribution in [0.5, 0.6) is 5.75 Å². The summed E-state index contributed by atoms with van der Waals surface area (Å²) in [6.07, 6.45) is -0.101. The first-order chi connectivity index (χ1) is 13.6. The van der Waals surface area contributed by atoms with Crippen LogP contribution in [-0.2, 0) is 23.9 Å². The van der Waals surface area contributed by atoms with Crippen molar-refractivity contribution in [1.29, 1.82) is 5.26 Å². The second-order valence-corrected chi connectivity index (χ2v) is 7.54. The summed E-state index contributed by atoms with van der Waals surface area (Å²) in [5, 5.41) is 21.5. The highest BCUT2D eigenvalue weighted by molar-refractivity contribution is 6.47. The number of carbonyl (C=O) groups is 3. The quantitative estimate of drug-likeness (QED) is 0.410. The highest BCUT2D eigenvalue weighted by atomic mass is 16.7. The number of carbonyl (C=O) groups excluding carboxylic acids is 3. The van der Waals surface area contributed by atoms with Crippen molar-refractivity contribution < 1.29 is 33.5 Å². The van der Waals surface area contributed by atoms with Gasteiger partial charge in [0.05, 0.1) is 17.4 Å². The molecule has 29 heavy (non-hydrogen) atoms. The second kappa shape index (κ2) is 9.43. The van der Waals surface area contributed by atoms with Crippen LogP contribution in [-0.4, -0.2) is 42.7 Å². The molecule has 0 aliphatic carbocycles. The first-order valence-corrected chi connectivity index (χ1v) is 9.09. The maximum atomic E-state index is 12.8. The average molecular weight is 402 g/mol. The fourth-order valence-corrected chi connectivity index (χ4v) is 2.71. The van der Waals surface area contributed by atoms with Crippen molar-refractivity contribution in [2.75, 3.05) is 6.79 Å². The van der Waals surface area contributed by atoms with Gasteiger partial charge in [-0.05, 0) is 26.8 Å². The molecule has 10 heteroatoms. The fourth-order valence-electron chi connectivity index (χ4n) is 2.71. The number of hydrogen-bond acceptors (Lipinski definition) is 8. The lowest BCUT2D eigenvalue weighted by Gasteiger charge is -2.33. The minimum absolute atomic E-state index is 0.00996. The smallest absolute Gasteiger partial charge is 0.535 e. The molecule has 1 aromatic carbocycles. The van der Waals surface area contributed by atoms with E-state index in [9.17, 15) is 19.4 Å². The lowest BCUT2D eigenvalue weighted by atomic mass is 9.66. The van der Waals surface area contributed by atoms with Crippen LogP contribution in [0.2, 0.25) is 0 Å². The van der Waals surface area contributed by atoms with E-state index in [2.05, 4.69) is 5.32 Å². The molecule has 2 atom stereocenters. The predicted octanol–water partition coefficient (Wildman–Crippen LogP) is 1.06. The summed E-state index contributed by atoms with van der Waals surface area (Å²) in [7, 11) is -1.51. The largest absolute Gasteiger partial charge is 0.547 e. The molecular weight excluding hydrogens is 379 g/mol. The fraction of sp³-hybridized carbons (Fsp3) is 0.474. The number of nitrogens with zero attached hydrogens (tertiary/aromatic N) is 1. The minimum Gasteiger partial charge on any atom is -0.535 e. The second-order valence-electron chi connectivity index (χ2n) is 7.54. The van der Waals surface area contributed by atoms with E-state index in [-0.39, 0.29) is 18.6 Å². The van der Waals surface area contributed by atoms with Gasteiger partial charge in [-0.2, -0.15) is 5.26 Å². The summed E-state index contributed by atoms with van der Waals surface area (Å²) in [6, 6.07) is 8.39. The Balaban J connectivity index is 2.17. The molecule has 2 N–H and O–H groups in total. The number of esters is 2. The molecule has 9 nitrogen and oxygen atoms in total. The molecule has 2 unspecified atom stereocenters. The van der Waals surface area contributed by atoms with Crippen molar-refractivity contribution >= 4 is 25.0 Å². The first kappa shape index (κ1) is 22.2. The molecule has 154 valence electrons. The zero-order chi connectivity index (χ0) is 21.6. The zero-order valence-corrected chi connectivity index (χ0v) is 16.5. The van der Waals surface area contributed by atoms with Gasteiger partial charge in [-0.25, -0.2) is 0 Å². The van der Waals surface area contributed by atoms with Crippen molar-refractivity contribution in [3.8, 4) is 11.8 Å². The number of nitriles is 1. The van der Waals surface area contributed by atoms with Crippen molar-refractivity contribution in [3.63, 3.8) is 0 Å². The van der Waals surface area contributed by atoms with E-state index in [0.29, 0.717) is 5.56 Å². The Kier molecular flexibility index (Phi) is 7.23. The SMILES string of the molecule is CC(C)(C)C(=O)OCOC(=O)C1c2ccccc2OB(O)C1NC(=O)CCC#N. The third-order valence-corrected chi connectivity index (χ3v) is 4.22. The van der Waals surface area contributed by atoms with Gasteiger partial charge >= 0.3 is 19.1 Å². The Bertz CT molecular complexity index is 816. The number of rotatable bonds is 6. The maximum Gasteiger partial charge on any atom is 0.547 e. The van der Waals surface area contributed by atoms with Gasteiger partial charge in [0.25, 0.3) is 0 Å². The van der Waals surface area contributed by atoms with Crippen LogP contribution < -0.4 is 9.97 Å². The minimum atomic E-state index is -1.51. The van der Waals surface area contributed by atoms with Crippen LogP contribution in [0.25, 0.3) is 0 Å². The lowest BCUT2D eigenvalue weighted by Crippen LogP contribution is -2.57. The molecule has 0 bridgehead atoms. The topological polar surface area (TPSA) is 135 Å². The number of para-hydroxylation sites is 1. The number of nitrogens with one attached hydrogen (secondary N) is 1. The standard InChI is InChI=1S/C19H23BN2O7/c1-19(2,3)18(25)28-11-27-17(24)15-12-7-4-5-8-13(12)29-20(26)16(15)22-14(23)9-6-10-21/h4-5,7-8,15-16,26H,6,9,11H2,1-3H3,(H,22,23).